The smallest absolute Gasteiger partial charge is 0.175 e. The van der Waals surface area contributed by atoms with Crippen LogP contribution < -0.4 is 0 Å². The minimum atomic E-state index is 0.0334. The summed E-state index contributed by atoms with van der Waals surface area (Å²) in [5.74, 6) is 1.27. The molecule has 20 heavy (non-hydrogen) atoms. The molecule has 0 aromatic heterocycles. The van der Waals surface area contributed by atoms with Gasteiger partial charge in [-0.05, 0) is 45.5 Å². The number of ketones is 1. The van der Waals surface area contributed by atoms with Crippen LogP contribution in [0.3, 0.4) is 0 Å². The van der Waals surface area contributed by atoms with Gasteiger partial charge in [-0.2, -0.15) is 0 Å². The summed E-state index contributed by atoms with van der Waals surface area (Å²) in [4.78, 5) is 14.9. The first-order chi connectivity index (χ1) is 9.49. The van der Waals surface area contributed by atoms with Crippen LogP contribution >= 0.6 is 11.8 Å². The standard InChI is InChI=1S/C17H27NOS/c1-6-18(7-2)10-11-20-15(5)17(19)16-12-13(3)8-9-14(16)4/h8-9,12,15H,6-7,10-11H2,1-5H3. The molecule has 0 bridgehead atoms. The van der Waals surface area contributed by atoms with Gasteiger partial charge >= 0.3 is 0 Å². The molecule has 1 aromatic carbocycles. The number of carbonyl (C=O) groups is 1. The van der Waals surface area contributed by atoms with Crippen molar-refractivity contribution in [3.8, 4) is 0 Å². The van der Waals surface area contributed by atoms with Gasteiger partial charge < -0.3 is 4.90 Å². The summed E-state index contributed by atoms with van der Waals surface area (Å²) >= 11 is 1.76. The molecule has 3 heteroatoms. The highest BCUT2D eigenvalue weighted by Crippen LogP contribution is 2.20. The predicted molar refractivity (Wildman–Crippen MR) is 90.0 cm³/mol. The molecule has 112 valence electrons. The Hall–Kier alpha value is -0.800. The van der Waals surface area contributed by atoms with E-state index in [4.69, 9.17) is 0 Å². The summed E-state index contributed by atoms with van der Waals surface area (Å²) in [5, 5.41) is 0.0334. The molecule has 0 saturated carbocycles. The zero-order chi connectivity index (χ0) is 15.1. The van der Waals surface area contributed by atoms with E-state index in [2.05, 4.69) is 24.8 Å². The van der Waals surface area contributed by atoms with Crippen LogP contribution in [0.2, 0.25) is 0 Å². The molecule has 0 spiro atoms. The number of Topliss-reactive ketones (excluding diaryl/α,β-unsaturated/α-hetero) is 1. The monoisotopic (exact) mass is 293 g/mol. The van der Waals surface area contributed by atoms with Gasteiger partial charge in [0.05, 0.1) is 5.25 Å². The molecule has 0 aliphatic heterocycles. The van der Waals surface area contributed by atoms with E-state index in [0.29, 0.717) is 0 Å². The van der Waals surface area contributed by atoms with Gasteiger partial charge in [-0.3, -0.25) is 4.79 Å². The fraction of sp³-hybridized carbons (Fsp3) is 0.588. The van der Waals surface area contributed by atoms with Gasteiger partial charge in [0.25, 0.3) is 0 Å². The topological polar surface area (TPSA) is 20.3 Å². The van der Waals surface area contributed by atoms with E-state index >= 15 is 0 Å². The SMILES string of the molecule is CCN(CC)CCSC(C)C(=O)c1cc(C)ccc1C. The van der Waals surface area contributed by atoms with Crippen LogP contribution in [0.15, 0.2) is 18.2 Å². The van der Waals surface area contributed by atoms with Crippen LogP contribution in [-0.2, 0) is 0 Å². The van der Waals surface area contributed by atoms with Crippen LogP contribution in [0.1, 0.15) is 42.3 Å². The molecular weight excluding hydrogens is 266 g/mol. The van der Waals surface area contributed by atoms with Gasteiger partial charge in [-0.25, -0.2) is 0 Å². The normalized spacial score (nSPS) is 12.7. The van der Waals surface area contributed by atoms with Crippen LogP contribution in [0.5, 0.6) is 0 Å². The van der Waals surface area contributed by atoms with Crippen molar-refractivity contribution in [1.29, 1.82) is 0 Å². The number of nitrogens with zero attached hydrogens (tertiary/aromatic N) is 1. The molecule has 1 aromatic rings. The lowest BCUT2D eigenvalue weighted by molar-refractivity contribution is 0.0993. The van der Waals surface area contributed by atoms with Crippen molar-refractivity contribution in [1.82, 2.24) is 4.90 Å². The van der Waals surface area contributed by atoms with E-state index in [1.54, 1.807) is 11.8 Å². The highest BCUT2D eigenvalue weighted by molar-refractivity contribution is 8.00. The molecule has 2 nitrogen and oxygen atoms in total. The van der Waals surface area contributed by atoms with Gasteiger partial charge in [-0.15, -0.1) is 11.8 Å². The van der Waals surface area contributed by atoms with E-state index in [1.165, 1.54) is 0 Å². The molecule has 1 rings (SSSR count). The van der Waals surface area contributed by atoms with Crippen molar-refractivity contribution in [3.05, 3.63) is 34.9 Å². The fourth-order valence-corrected chi connectivity index (χ4v) is 3.19. The maximum absolute atomic E-state index is 12.5. The number of hydrogen-bond donors (Lipinski definition) is 0. The molecule has 0 radical (unpaired) electrons. The Bertz CT molecular complexity index is 441. The molecule has 0 saturated heterocycles. The molecule has 0 amide bonds. The number of benzene rings is 1. The van der Waals surface area contributed by atoms with E-state index in [-0.39, 0.29) is 11.0 Å². The fourth-order valence-electron chi connectivity index (χ4n) is 2.19. The third-order valence-electron chi connectivity index (χ3n) is 3.70. The number of carbonyl (C=O) groups excluding carboxylic acids is 1. The lowest BCUT2D eigenvalue weighted by Gasteiger charge is -2.19. The Labute approximate surface area is 127 Å². The third-order valence-corrected chi connectivity index (χ3v) is 4.83. The molecule has 1 unspecified atom stereocenters. The zero-order valence-electron chi connectivity index (χ0n) is 13.4. The van der Waals surface area contributed by atoms with Gasteiger partial charge in [0.1, 0.15) is 0 Å². The molecular formula is C17H27NOS. The first-order valence-electron chi connectivity index (χ1n) is 7.45. The lowest BCUT2D eigenvalue weighted by atomic mass is 10.0. The Kier molecular flexibility index (Phi) is 7.31. The average Bonchev–Trinajstić information content (AvgIpc) is 2.45. The van der Waals surface area contributed by atoms with Crippen molar-refractivity contribution >= 4 is 17.5 Å². The lowest BCUT2D eigenvalue weighted by Crippen LogP contribution is -2.26. The second-order valence-corrected chi connectivity index (χ2v) is 6.67. The maximum atomic E-state index is 12.5. The Balaban J connectivity index is 2.56. The summed E-state index contributed by atoms with van der Waals surface area (Å²) in [6.07, 6.45) is 0. The van der Waals surface area contributed by atoms with E-state index in [9.17, 15) is 4.79 Å². The first kappa shape index (κ1) is 17.3. The summed E-state index contributed by atoms with van der Waals surface area (Å²) < 4.78 is 0. The second kappa shape index (κ2) is 8.48. The minimum Gasteiger partial charge on any atom is -0.303 e. The van der Waals surface area contributed by atoms with Crippen molar-refractivity contribution < 1.29 is 4.79 Å². The summed E-state index contributed by atoms with van der Waals surface area (Å²) in [6, 6.07) is 6.11. The van der Waals surface area contributed by atoms with E-state index in [1.807, 2.05) is 32.9 Å². The number of thioether (sulfide) groups is 1. The average molecular weight is 293 g/mol. The second-order valence-electron chi connectivity index (χ2n) is 5.22. The highest BCUT2D eigenvalue weighted by atomic mass is 32.2. The van der Waals surface area contributed by atoms with Crippen LogP contribution in [0.25, 0.3) is 0 Å². The quantitative estimate of drug-likeness (QED) is 0.677. The van der Waals surface area contributed by atoms with Crippen molar-refractivity contribution in [2.24, 2.45) is 0 Å². The summed E-state index contributed by atoms with van der Waals surface area (Å²) in [6.45, 7) is 13.7. The minimum absolute atomic E-state index is 0.0334. The van der Waals surface area contributed by atoms with Crippen molar-refractivity contribution in [2.75, 3.05) is 25.4 Å². The van der Waals surface area contributed by atoms with Gasteiger partial charge in [0.15, 0.2) is 5.78 Å². The Morgan fingerprint density at radius 2 is 1.90 bits per heavy atom. The summed E-state index contributed by atoms with van der Waals surface area (Å²) in [5.41, 5.74) is 3.11. The number of hydrogen-bond acceptors (Lipinski definition) is 3. The Morgan fingerprint density at radius 3 is 2.50 bits per heavy atom. The van der Waals surface area contributed by atoms with Crippen molar-refractivity contribution in [2.45, 2.75) is 39.9 Å². The molecule has 0 heterocycles. The van der Waals surface area contributed by atoms with Crippen LogP contribution in [-0.4, -0.2) is 41.3 Å². The maximum Gasteiger partial charge on any atom is 0.175 e. The van der Waals surface area contributed by atoms with E-state index in [0.717, 1.165) is 42.1 Å². The van der Waals surface area contributed by atoms with Crippen LogP contribution in [0.4, 0.5) is 0 Å². The van der Waals surface area contributed by atoms with Gasteiger partial charge in [0.2, 0.25) is 0 Å². The molecule has 0 aliphatic carbocycles. The number of aryl methyl sites for hydroxylation is 2. The Morgan fingerprint density at radius 1 is 1.25 bits per heavy atom. The molecule has 0 fully saturated rings. The summed E-state index contributed by atoms with van der Waals surface area (Å²) in [7, 11) is 0. The largest absolute Gasteiger partial charge is 0.303 e. The third kappa shape index (κ3) is 4.95. The number of rotatable bonds is 8. The van der Waals surface area contributed by atoms with E-state index < -0.39 is 0 Å². The molecule has 0 aliphatic rings. The first-order valence-corrected chi connectivity index (χ1v) is 8.49. The van der Waals surface area contributed by atoms with Gasteiger partial charge in [0, 0.05) is 17.9 Å². The zero-order valence-corrected chi connectivity index (χ0v) is 14.2. The van der Waals surface area contributed by atoms with Crippen LogP contribution in [0, 0.1) is 13.8 Å². The predicted octanol–water partition coefficient (Wildman–Crippen LogP) is 3.95. The molecule has 1 atom stereocenters. The highest BCUT2D eigenvalue weighted by Gasteiger charge is 2.17. The molecule has 0 N–H and O–H groups in total. The van der Waals surface area contributed by atoms with Gasteiger partial charge in [-0.1, -0.05) is 31.5 Å². The van der Waals surface area contributed by atoms with Crippen molar-refractivity contribution in [3.63, 3.8) is 0 Å².